The lowest BCUT2D eigenvalue weighted by molar-refractivity contribution is -0.123. The van der Waals surface area contributed by atoms with E-state index < -0.39 is 0 Å². The van der Waals surface area contributed by atoms with E-state index in [1.54, 1.807) is 0 Å². The molecule has 0 aliphatic heterocycles. The van der Waals surface area contributed by atoms with E-state index in [9.17, 15) is 4.79 Å². The zero-order valence-electron chi connectivity index (χ0n) is 12.8. The second-order valence-electron chi connectivity index (χ2n) is 6.01. The van der Waals surface area contributed by atoms with Crippen LogP contribution in [0.3, 0.4) is 0 Å². The van der Waals surface area contributed by atoms with Crippen LogP contribution in [-0.2, 0) is 4.79 Å². The van der Waals surface area contributed by atoms with Crippen LogP contribution >= 0.6 is 0 Å². The Balaban J connectivity index is 1.84. The Morgan fingerprint density at radius 3 is 2.35 bits per heavy atom. The summed E-state index contributed by atoms with van der Waals surface area (Å²) in [5, 5.41) is 6.52. The van der Waals surface area contributed by atoms with Gasteiger partial charge in [-0.2, -0.15) is 0 Å². The first-order valence-electron chi connectivity index (χ1n) is 7.69. The molecular formula is C17H26N2O. The largest absolute Gasteiger partial charge is 0.352 e. The molecule has 1 amide bonds. The van der Waals surface area contributed by atoms with Crippen molar-refractivity contribution in [1.29, 1.82) is 0 Å². The van der Waals surface area contributed by atoms with Crippen LogP contribution in [0.25, 0.3) is 0 Å². The molecule has 3 heteroatoms. The molecule has 1 aliphatic carbocycles. The highest BCUT2D eigenvalue weighted by atomic mass is 16.2. The summed E-state index contributed by atoms with van der Waals surface area (Å²) in [6, 6.07) is 8.87. The Labute approximate surface area is 122 Å². The molecule has 0 bridgehead atoms. The molecule has 1 fully saturated rings. The highest BCUT2D eigenvalue weighted by Gasteiger charge is 2.21. The van der Waals surface area contributed by atoms with Gasteiger partial charge in [0.15, 0.2) is 0 Å². The van der Waals surface area contributed by atoms with Crippen LogP contribution in [-0.4, -0.2) is 18.0 Å². The van der Waals surface area contributed by atoms with E-state index in [0.717, 1.165) is 12.8 Å². The summed E-state index contributed by atoms with van der Waals surface area (Å²) in [5.74, 6) is 0.121. The molecule has 1 aliphatic rings. The van der Waals surface area contributed by atoms with Gasteiger partial charge in [-0.25, -0.2) is 0 Å². The van der Waals surface area contributed by atoms with Gasteiger partial charge in [-0.05, 0) is 39.2 Å². The molecule has 2 N–H and O–H groups in total. The van der Waals surface area contributed by atoms with Crippen LogP contribution in [0.2, 0.25) is 0 Å². The van der Waals surface area contributed by atoms with Gasteiger partial charge < -0.3 is 5.32 Å². The number of nitrogens with one attached hydrogen (secondary N) is 2. The smallest absolute Gasteiger partial charge is 0.237 e. The standard InChI is InChI=1S/C17H26N2O/c1-12-8-10-15(11-9-12)13(2)18-14(3)17(20)19-16-6-4-5-7-16/h8-11,13-14,16,18H,4-7H2,1-3H3,(H,19,20). The van der Waals surface area contributed by atoms with Crippen LogP contribution in [0.15, 0.2) is 24.3 Å². The Bertz CT molecular complexity index is 435. The zero-order chi connectivity index (χ0) is 14.5. The van der Waals surface area contributed by atoms with Crippen LogP contribution in [0.1, 0.15) is 56.7 Å². The number of hydrogen-bond donors (Lipinski definition) is 2. The molecule has 0 radical (unpaired) electrons. The van der Waals surface area contributed by atoms with E-state index in [-0.39, 0.29) is 18.0 Å². The van der Waals surface area contributed by atoms with Gasteiger partial charge in [-0.15, -0.1) is 0 Å². The third kappa shape index (κ3) is 4.07. The minimum absolute atomic E-state index is 0.121. The molecule has 0 saturated heterocycles. The first kappa shape index (κ1) is 15.0. The van der Waals surface area contributed by atoms with E-state index >= 15 is 0 Å². The molecule has 3 nitrogen and oxygen atoms in total. The Kier molecular flexibility index (Phi) is 5.18. The van der Waals surface area contributed by atoms with Crippen molar-refractivity contribution in [2.24, 2.45) is 0 Å². The number of amides is 1. The normalized spacial score (nSPS) is 18.8. The van der Waals surface area contributed by atoms with E-state index in [4.69, 9.17) is 0 Å². The van der Waals surface area contributed by atoms with Gasteiger partial charge in [-0.1, -0.05) is 42.7 Å². The fourth-order valence-corrected chi connectivity index (χ4v) is 2.80. The van der Waals surface area contributed by atoms with Gasteiger partial charge in [0, 0.05) is 12.1 Å². The number of benzene rings is 1. The maximum atomic E-state index is 12.1. The van der Waals surface area contributed by atoms with E-state index in [0.29, 0.717) is 6.04 Å². The minimum Gasteiger partial charge on any atom is -0.352 e. The van der Waals surface area contributed by atoms with Gasteiger partial charge in [0.2, 0.25) is 5.91 Å². The second-order valence-corrected chi connectivity index (χ2v) is 6.01. The summed E-state index contributed by atoms with van der Waals surface area (Å²) in [6.07, 6.45) is 4.75. The first-order chi connectivity index (χ1) is 9.56. The number of carbonyl (C=O) groups is 1. The van der Waals surface area contributed by atoms with Crippen molar-refractivity contribution < 1.29 is 4.79 Å². The van der Waals surface area contributed by atoms with Crippen molar-refractivity contribution in [3.8, 4) is 0 Å². The Morgan fingerprint density at radius 2 is 1.75 bits per heavy atom. The van der Waals surface area contributed by atoms with Crippen molar-refractivity contribution in [1.82, 2.24) is 10.6 Å². The summed E-state index contributed by atoms with van der Waals surface area (Å²) in [4.78, 5) is 12.1. The van der Waals surface area contributed by atoms with Crippen LogP contribution in [0, 0.1) is 6.92 Å². The van der Waals surface area contributed by atoms with Gasteiger partial charge in [-0.3, -0.25) is 10.1 Å². The summed E-state index contributed by atoms with van der Waals surface area (Å²) in [6.45, 7) is 6.12. The number of aryl methyl sites for hydroxylation is 1. The summed E-state index contributed by atoms with van der Waals surface area (Å²) < 4.78 is 0. The van der Waals surface area contributed by atoms with Crippen LogP contribution in [0.5, 0.6) is 0 Å². The minimum atomic E-state index is -0.160. The lowest BCUT2D eigenvalue weighted by atomic mass is 10.1. The zero-order valence-corrected chi connectivity index (χ0v) is 12.8. The molecule has 2 unspecified atom stereocenters. The van der Waals surface area contributed by atoms with Crippen molar-refractivity contribution in [3.63, 3.8) is 0 Å². The number of hydrogen-bond acceptors (Lipinski definition) is 2. The lowest BCUT2D eigenvalue weighted by Crippen LogP contribution is -2.46. The summed E-state index contributed by atoms with van der Waals surface area (Å²) in [7, 11) is 0. The number of carbonyl (C=O) groups excluding carboxylic acids is 1. The Morgan fingerprint density at radius 1 is 1.15 bits per heavy atom. The Hall–Kier alpha value is -1.35. The molecule has 0 spiro atoms. The molecule has 1 saturated carbocycles. The maximum absolute atomic E-state index is 12.1. The molecule has 0 heterocycles. The van der Waals surface area contributed by atoms with Crippen LogP contribution < -0.4 is 10.6 Å². The van der Waals surface area contributed by atoms with Gasteiger partial charge >= 0.3 is 0 Å². The monoisotopic (exact) mass is 274 g/mol. The summed E-state index contributed by atoms with van der Waals surface area (Å²) in [5.41, 5.74) is 2.48. The molecule has 1 aromatic carbocycles. The van der Waals surface area contributed by atoms with Crippen molar-refractivity contribution in [2.75, 3.05) is 0 Å². The number of rotatable bonds is 5. The molecular weight excluding hydrogens is 248 g/mol. The fourth-order valence-electron chi connectivity index (χ4n) is 2.80. The first-order valence-corrected chi connectivity index (χ1v) is 7.69. The predicted octanol–water partition coefficient (Wildman–Crippen LogP) is 3.09. The van der Waals surface area contributed by atoms with E-state index in [2.05, 4.69) is 48.7 Å². The summed E-state index contributed by atoms with van der Waals surface area (Å²) >= 11 is 0. The average molecular weight is 274 g/mol. The highest BCUT2D eigenvalue weighted by molar-refractivity contribution is 5.81. The second kappa shape index (κ2) is 6.89. The van der Waals surface area contributed by atoms with Gasteiger partial charge in [0.25, 0.3) is 0 Å². The molecule has 110 valence electrons. The topological polar surface area (TPSA) is 41.1 Å². The molecule has 1 aromatic rings. The molecule has 20 heavy (non-hydrogen) atoms. The van der Waals surface area contributed by atoms with Gasteiger partial charge in [0.1, 0.15) is 0 Å². The molecule has 2 atom stereocenters. The van der Waals surface area contributed by atoms with Crippen LogP contribution in [0.4, 0.5) is 0 Å². The lowest BCUT2D eigenvalue weighted by Gasteiger charge is -2.22. The van der Waals surface area contributed by atoms with Crippen molar-refractivity contribution >= 4 is 5.91 Å². The highest BCUT2D eigenvalue weighted by Crippen LogP contribution is 2.18. The maximum Gasteiger partial charge on any atom is 0.237 e. The van der Waals surface area contributed by atoms with Gasteiger partial charge in [0.05, 0.1) is 6.04 Å². The SMILES string of the molecule is Cc1ccc(C(C)NC(C)C(=O)NC2CCCC2)cc1. The molecule has 2 rings (SSSR count). The predicted molar refractivity (Wildman–Crippen MR) is 82.6 cm³/mol. The third-order valence-corrected chi connectivity index (χ3v) is 4.17. The van der Waals surface area contributed by atoms with Crippen molar-refractivity contribution in [2.45, 2.75) is 64.6 Å². The third-order valence-electron chi connectivity index (χ3n) is 4.17. The van der Waals surface area contributed by atoms with E-state index in [1.807, 2.05) is 6.92 Å². The van der Waals surface area contributed by atoms with E-state index in [1.165, 1.54) is 24.0 Å². The average Bonchev–Trinajstić information content (AvgIpc) is 2.92. The fraction of sp³-hybridized carbons (Fsp3) is 0.588. The molecule has 0 aromatic heterocycles. The quantitative estimate of drug-likeness (QED) is 0.866. The van der Waals surface area contributed by atoms with Crippen molar-refractivity contribution in [3.05, 3.63) is 35.4 Å².